The number of aliphatic hydroxyl groups is 1. The largest absolute Gasteiger partial charge is 0.395 e. The van der Waals surface area contributed by atoms with Crippen molar-refractivity contribution in [3.63, 3.8) is 0 Å². The van der Waals surface area contributed by atoms with Gasteiger partial charge in [0.25, 0.3) is 0 Å². The number of hydrogen-bond donors (Lipinski definition) is 1. The maximum absolute atomic E-state index is 11.8. The summed E-state index contributed by atoms with van der Waals surface area (Å²) in [5.41, 5.74) is -0.0160. The quantitative estimate of drug-likeness (QED) is 0.719. The van der Waals surface area contributed by atoms with Crippen molar-refractivity contribution in [2.75, 3.05) is 33.4 Å². The summed E-state index contributed by atoms with van der Waals surface area (Å²) in [6, 6.07) is 0. The van der Waals surface area contributed by atoms with Crippen molar-refractivity contribution in [2.24, 2.45) is 5.41 Å². The summed E-state index contributed by atoms with van der Waals surface area (Å²) in [4.78, 5) is 13.5. The molecular weight excluding hydrogens is 194 g/mol. The molecule has 1 N–H and O–H groups in total. The molecule has 90 valence electrons. The Morgan fingerprint density at radius 2 is 1.93 bits per heavy atom. The van der Waals surface area contributed by atoms with Crippen LogP contribution in [-0.4, -0.2) is 49.3 Å². The van der Waals surface area contributed by atoms with Crippen LogP contribution in [0, 0.1) is 5.41 Å². The molecule has 15 heavy (non-hydrogen) atoms. The van der Waals surface area contributed by atoms with Crippen LogP contribution >= 0.6 is 0 Å². The van der Waals surface area contributed by atoms with Crippen LogP contribution < -0.4 is 0 Å². The molecule has 0 fully saturated rings. The molecule has 0 saturated heterocycles. The second kappa shape index (κ2) is 6.80. The van der Waals surface area contributed by atoms with Gasteiger partial charge < -0.3 is 14.7 Å². The topological polar surface area (TPSA) is 49.8 Å². The molecule has 0 bridgehead atoms. The lowest BCUT2D eigenvalue weighted by Gasteiger charge is -2.25. The van der Waals surface area contributed by atoms with Crippen LogP contribution in [-0.2, 0) is 9.53 Å². The highest BCUT2D eigenvalue weighted by Gasteiger charge is 2.20. The third-order valence-corrected chi connectivity index (χ3v) is 1.97. The Hall–Kier alpha value is -0.610. The van der Waals surface area contributed by atoms with E-state index < -0.39 is 0 Å². The highest BCUT2D eigenvalue weighted by atomic mass is 16.5. The lowest BCUT2D eigenvalue weighted by molar-refractivity contribution is -0.134. The summed E-state index contributed by atoms with van der Waals surface area (Å²) >= 11 is 0. The van der Waals surface area contributed by atoms with E-state index in [2.05, 4.69) is 0 Å². The molecule has 0 aliphatic rings. The van der Waals surface area contributed by atoms with E-state index in [1.165, 1.54) is 0 Å². The summed E-state index contributed by atoms with van der Waals surface area (Å²) < 4.78 is 4.92. The van der Waals surface area contributed by atoms with Gasteiger partial charge >= 0.3 is 0 Å². The highest BCUT2D eigenvalue weighted by Crippen LogP contribution is 2.19. The van der Waals surface area contributed by atoms with Gasteiger partial charge in [0.2, 0.25) is 5.91 Å². The Bertz CT molecular complexity index is 187. The third-order valence-electron chi connectivity index (χ3n) is 1.97. The zero-order chi connectivity index (χ0) is 11.9. The maximum atomic E-state index is 11.8. The van der Waals surface area contributed by atoms with E-state index in [-0.39, 0.29) is 17.9 Å². The number of hydrogen-bond acceptors (Lipinski definition) is 3. The van der Waals surface area contributed by atoms with Gasteiger partial charge in [-0.25, -0.2) is 0 Å². The number of methoxy groups -OCH3 is 1. The molecule has 0 saturated carbocycles. The van der Waals surface area contributed by atoms with Crippen LogP contribution in [0.5, 0.6) is 0 Å². The molecule has 0 aliphatic carbocycles. The molecule has 0 aromatic rings. The van der Waals surface area contributed by atoms with Gasteiger partial charge in [0.05, 0.1) is 13.2 Å². The molecule has 0 heterocycles. The first-order valence-electron chi connectivity index (χ1n) is 5.28. The molecule has 0 rings (SSSR count). The molecule has 1 amide bonds. The van der Waals surface area contributed by atoms with E-state index in [0.29, 0.717) is 26.1 Å². The molecule has 0 unspecified atom stereocenters. The average molecular weight is 217 g/mol. The first-order valence-corrected chi connectivity index (χ1v) is 5.28. The number of rotatable bonds is 6. The second-order valence-corrected chi connectivity index (χ2v) is 4.83. The zero-order valence-electron chi connectivity index (χ0n) is 10.2. The van der Waals surface area contributed by atoms with Crippen LogP contribution in [0.2, 0.25) is 0 Å². The number of aliphatic hydroxyl groups excluding tert-OH is 1. The van der Waals surface area contributed by atoms with Gasteiger partial charge in [-0.3, -0.25) is 4.79 Å². The number of ether oxygens (including phenoxy) is 1. The number of amides is 1. The van der Waals surface area contributed by atoms with Crippen molar-refractivity contribution >= 4 is 5.91 Å². The summed E-state index contributed by atoms with van der Waals surface area (Å²) in [5.74, 6) is 0.0774. The van der Waals surface area contributed by atoms with Crippen molar-refractivity contribution in [2.45, 2.75) is 27.2 Å². The molecule has 0 atom stereocenters. The van der Waals surface area contributed by atoms with Crippen molar-refractivity contribution in [3.8, 4) is 0 Å². The van der Waals surface area contributed by atoms with Crippen LogP contribution in [0.25, 0.3) is 0 Å². The van der Waals surface area contributed by atoms with E-state index in [9.17, 15) is 4.79 Å². The van der Waals surface area contributed by atoms with Gasteiger partial charge in [-0.2, -0.15) is 0 Å². The molecule has 0 spiro atoms. The van der Waals surface area contributed by atoms with Crippen LogP contribution in [0.4, 0.5) is 0 Å². The third kappa shape index (κ3) is 7.33. The van der Waals surface area contributed by atoms with Crippen LogP contribution in [0.15, 0.2) is 0 Å². The highest BCUT2D eigenvalue weighted by molar-refractivity contribution is 5.76. The summed E-state index contributed by atoms with van der Waals surface area (Å²) in [7, 11) is 1.60. The summed E-state index contributed by atoms with van der Waals surface area (Å²) in [6.45, 7) is 7.52. The number of carbonyl (C=O) groups is 1. The standard InChI is InChI=1S/C11H23NO3/c1-11(2,3)9-10(14)12(5-7-13)6-8-15-4/h13H,5-9H2,1-4H3. The molecule has 0 aromatic carbocycles. The molecule has 4 nitrogen and oxygen atoms in total. The SMILES string of the molecule is COCCN(CCO)C(=O)CC(C)(C)C. The Kier molecular flexibility index (Phi) is 6.52. The molecule has 0 aromatic heterocycles. The fraction of sp³-hybridized carbons (Fsp3) is 0.909. The van der Waals surface area contributed by atoms with E-state index in [1.807, 2.05) is 20.8 Å². The monoisotopic (exact) mass is 217 g/mol. The first-order chi connectivity index (χ1) is 6.90. The lowest BCUT2D eigenvalue weighted by atomic mass is 9.91. The molecular formula is C11H23NO3. The Morgan fingerprint density at radius 3 is 2.33 bits per heavy atom. The zero-order valence-corrected chi connectivity index (χ0v) is 10.2. The van der Waals surface area contributed by atoms with Crippen molar-refractivity contribution < 1.29 is 14.6 Å². The Morgan fingerprint density at radius 1 is 1.33 bits per heavy atom. The van der Waals surface area contributed by atoms with E-state index >= 15 is 0 Å². The minimum absolute atomic E-state index is 0.000400. The summed E-state index contributed by atoms with van der Waals surface area (Å²) in [6.07, 6.45) is 0.497. The number of carbonyl (C=O) groups excluding carboxylic acids is 1. The average Bonchev–Trinajstić information content (AvgIpc) is 2.09. The smallest absolute Gasteiger partial charge is 0.223 e. The normalized spacial score (nSPS) is 11.5. The van der Waals surface area contributed by atoms with Crippen LogP contribution in [0.1, 0.15) is 27.2 Å². The van der Waals surface area contributed by atoms with E-state index in [0.717, 1.165) is 0 Å². The fourth-order valence-corrected chi connectivity index (χ4v) is 1.25. The number of nitrogens with zero attached hydrogens (tertiary/aromatic N) is 1. The van der Waals surface area contributed by atoms with Crippen molar-refractivity contribution in [1.82, 2.24) is 4.90 Å². The van der Waals surface area contributed by atoms with E-state index in [4.69, 9.17) is 9.84 Å². The van der Waals surface area contributed by atoms with Gasteiger partial charge in [0.15, 0.2) is 0 Å². The lowest BCUT2D eigenvalue weighted by Crippen LogP contribution is -2.37. The molecule has 0 aliphatic heterocycles. The molecule has 0 radical (unpaired) electrons. The Labute approximate surface area is 92.2 Å². The maximum Gasteiger partial charge on any atom is 0.223 e. The fourth-order valence-electron chi connectivity index (χ4n) is 1.25. The minimum atomic E-state index is -0.0160. The molecule has 4 heteroatoms. The predicted molar refractivity (Wildman–Crippen MR) is 59.6 cm³/mol. The van der Waals surface area contributed by atoms with E-state index in [1.54, 1.807) is 12.0 Å². The van der Waals surface area contributed by atoms with Gasteiger partial charge in [-0.1, -0.05) is 20.8 Å². The second-order valence-electron chi connectivity index (χ2n) is 4.83. The summed E-state index contributed by atoms with van der Waals surface area (Å²) in [5, 5.41) is 8.85. The van der Waals surface area contributed by atoms with Crippen LogP contribution in [0.3, 0.4) is 0 Å². The van der Waals surface area contributed by atoms with Gasteiger partial charge in [0.1, 0.15) is 0 Å². The van der Waals surface area contributed by atoms with Crippen molar-refractivity contribution in [1.29, 1.82) is 0 Å². The van der Waals surface area contributed by atoms with Crippen molar-refractivity contribution in [3.05, 3.63) is 0 Å². The van der Waals surface area contributed by atoms with Gasteiger partial charge in [-0.05, 0) is 5.41 Å². The first kappa shape index (κ1) is 14.4. The Balaban J connectivity index is 4.15. The minimum Gasteiger partial charge on any atom is -0.395 e. The predicted octanol–water partition coefficient (Wildman–Crippen LogP) is 0.890. The van der Waals surface area contributed by atoms with Gasteiger partial charge in [-0.15, -0.1) is 0 Å². The van der Waals surface area contributed by atoms with Gasteiger partial charge in [0, 0.05) is 26.6 Å².